The molecule has 23 heavy (non-hydrogen) atoms. The van der Waals surface area contributed by atoms with Crippen molar-refractivity contribution in [2.45, 2.75) is 32.9 Å². The van der Waals surface area contributed by atoms with E-state index < -0.39 is 0 Å². The molecule has 0 saturated heterocycles. The van der Waals surface area contributed by atoms with Crippen molar-refractivity contribution in [2.75, 3.05) is 13.6 Å². The molecule has 2 heterocycles. The lowest BCUT2D eigenvalue weighted by atomic mass is 10.1. The highest BCUT2D eigenvalue weighted by atomic mass is 16.2. The molecule has 0 fully saturated rings. The number of carbonyl (C=O) groups excluding carboxylic acids is 2. The number of likely N-dealkylation sites (N-methyl/N-ethyl adjacent to an activating group) is 1. The molecule has 0 atom stereocenters. The van der Waals surface area contributed by atoms with Crippen molar-refractivity contribution in [3.8, 4) is 0 Å². The maximum atomic E-state index is 12.2. The maximum Gasteiger partial charge on any atom is 0.350 e. The molecule has 0 bridgehead atoms. The molecule has 124 valence electrons. The van der Waals surface area contributed by atoms with Gasteiger partial charge in [0.25, 0.3) is 0 Å². The summed E-state index contributed by atoms with van der Waals surface area (Å²) in [7, 11) is 1.52. The minimum atomic E-state index is -0.388. The van der Waals surface area contributed by atoms with Gasteiger partial charge in [-0.2, -0.15) is 0 Å². The standard InChI is InChI=1S/C15H21N5O3/c1-15(2,3)16-12(21)9-18(4)13(22)10-20-14(23)19-8-6-5-7-11(19)17-20/h5-8H,9-10H2,1-4H3,(H,16,21). The molecule has 0 unspecified atom stereocenters. The molecule has 8 heteroatoms. The van der Waals surface area contributed by atoms with Crippen LogP contribution in [-0.2, 0) is 16.1 Å². The largest absolute Gasteiger partial charge is 0.350 e. The van der Waals surface area contributed by atoms with Crippen LogP contribution in [0.4, 0.5) is 0 Å². The lowest BCUT2D eigenvalue weighted by Gasteiger charge is -2.23. The molecular weight excluding hydrogens is 298 g/mol. The van der Waals surface area contributed by atoms with E-state index in [1.54, 1.807) is 24.4 Å². The van der Waals surface area contributed by atoms with Gasteiger partial charge in [0.1, 0.15) is 6.54 Å². The Labute approximate surface area is 133 Å². The Kier molecular flexibility index (Phi) is 4.53. The third-order valence-corrected chi connectivity index (χ3v) is 3.09. The highest BCUT2D eigenvalue weighted by Crippen LogP contribution is 1.99. The lowest BCUT2D eigenvalue weighted by Crippen LogP contribution is -2.47. The van der Waals surface area contributed by atoms with Crippen molar-refractivity contribution in [3.05, 3.63) is 34.9 Å². The number of hydrogen-bond donors (Lipinski definition) is 1. The summed E-state index contributed by atoms with van der Waals surface area (Å²) in [5, 5.41) is 6.87. The summed E-state index contributed by atoms with van der Waals surface area (Å²) in [4.78, 5) is 37.4. The number of rotatable bonds is 4. The first kappa shape index (κ1) is 16.7. The normalized spacial score (nSPS) is 11.5. The number of amides is 2. The average Bonchev–Trinajstić information content (AvgIpc) is 2.73. The molecule has 0 aromatic carbocycles. The van der Waals surface area contributed by atoms with Gasteiger partial charge in [-0.25, -0.2) is 9.48 Å². The zero-order chi connectivity index (χ0) is 17.2. The molecule has 1 N–H and O–H groups in total. The minimum absolute atomic E-state index is 0.0712. The van der Waals surface area contributed by atoms with E-state index in [1.807, 2.05) is 20.8 Å². The molecule has 8 nitrogen and oxygen atoms in total. The van der Waals surface area contributed by atoms with Crippen molar-refractivity contribution < 1.29 is 9.59 Å². The van der Waals surface area contributed by atoms with Crippen LogP contribution in [0.2, 0.25) is 0 Å². The summed E-state index contributed by atoms with van der Waals surface area (Å²) in [5.74, 6) is -0.615. The second kappa shape index (κ2) is 6.23. The van der Waals surface area contributed by atoms with Crippen molar-refractivity contribution in [3.63, 3.8) is 0 Å². The topological polar surface area (TPSA) is 88.7 Å². The van der Waals surface area contributed by atoms with Gasteiger partial charge < -0.3 is 10.2 Å². The number of hydrogen-bond acceptors (Lipinski definition) is 4. The Bertz CT molecular complexity index is 784. The minimum Gasteiger partial charge on any atom is -0.350 e. The smallest absolute Gasteiger partial charge is 0.350 e. The second-order valence-electron chi connectivity index (χ2n) is 6.42. The van der Waals surface area contributed by atoms with Gasteiger partial charge in [0.15, 0.2) is 5.65 Å². The van der Waals surface area contributed by atoms with E-state index in [4.69, 9.17) is 0 Å². The lowest BCUT2D eigenvalue weighted by molar-refractivity contribution is -0.135. The van der Waals surface area contributed by atoms with Crippen molar-refractivity contribution in [1.29, 1.82) is 0 Å². The third-order valence-electron chi connectivity index (χ3n) is 3.09. The van der Waals surface area contributed by atoms with E-state index in [2.05, 4.69) is 10.4 Å². The summed E-state index contributed by atoms with van der Waals surface area (Å²) in [6.07, 6.45) is 1.59. The molecule has 0 aliphatic carbocycles. The molecule has 0 spiro atoms. The van der Waals surface area contributed by atoms with Crippen LogP contribution in [0.3, 0.4) is 0 Å². The molecule has 0 saturated carbocycles. The Morgan fingerprint density at radius 3 is 2.61 bits per heavy atom. The van der Waals surface area contributed by atoms with Gasteiger partial charge in [-0.15, -0.1) is 5.10 Å². The van der Waals surface area contributed by atoms with E-state index in [-0.39, 0.29) is 36.1 Å². The van der Waals surface area contributed by atoms with E-state index in [0.717, 1.165) is 4.68 Å². The molecule has 0 aliphatic rings. The van der Waals surface area contributed by atoms with Crippen LogP contribution in [0.1, 0.15) is 20.8 Å². The fourth-order valence-corrected chi connectivity index (χ4v) is 2.08. The van der Waals surface area contributed by atoms with Gasteiger partial charge in [0.2, 0.25) is 11.8 Å². The van der Waals surface area contributed by atoms with Crippen LogP contribution in [0.25, 0.3) is 5.65 Å². The number of nitrogens with one attached hydrogen (secondary N) is 1. The first-order valence-electron chi connectivity index (χ1n) is 7.26. The summed E-state index contributed by atoms with van der Waals surface area (Å²) >= 11 is 0. The number of aromatic nitrogens is 3. The summed E-state index contributed by atoms with van der Waals surface area (Å²) in [6, 6.07) is 5.16. The monoisotopic (exact) mass is 319 g/mol. The molecule has 2 amide bonds. The Morgan fingerprint density at radius 2 is 2.00 bits per heavy atom. The molecule has 2 aromatic heterocycles. The van der Waals surface area contributed by atoms with Gasteiger partial charge >= 0.3 is 5.69 Å². The van der Waals surface area contributed by atoms with E-state index in [9.17, 15) is 14.4 Å². The van der Waals surface area contributed by atoms with Crippen molar-refractivity contribution in [1.82, 2.24) is 24.4 Å². The van der Waals surface area contributed by atoms with Crippen LogP contribution < -0.4 is 11.0 Å². The fraction of sp³-hybridized carbons (Fsp3) is 0.467. The summed E-state index contributed by atoms with van der Waals surface area (Å²) < 4.78 is 2.45. The maximum absolute atomic E-state index is 12.2. The van der Waals surface area contributed by atoms with Crippen LogP contribution in [0, 0.1) is 0 Å². The van der Waals surface area contributed by atoms with Gasteiger partial charge in [0.05, 0.1) is 6.54 Å². The van der Waals surface area contributed by atoms with E-state index in [0.29, 0.717) is 5.65 Å². The molecule has 0 radical (unpaired) electrons. The van der Waals surface area contributed by atoms with E-state index >= 15 is 0 Å². The quantitative estimate of drug-likeness (QED) is 0.850. The number of pyridine rings is 1. The second-order valence-corrected chi connectivity index (χ2v) is 6.42. The van der Waals surface area contributed by atoms with Gasteiger partial charge in [-0.3, -0.25) is 14.0 Å². The zero-order valence-electron chi connectivity index (χ0n) is 13.7. The Hall–Kier alpha value is -2.64. The summed E-state index contributed by atoms with van der Waals surface area (Å²) in [6.45, 7) is 5.31. The van der Waals surface area contributed by atoms with Crippen LogP contribution >= 0.6 is 0 Å². The number of nitrogens with zero attached hydrogens (tertiary/aromatic N) is 4. The Morgan fingerprint density at radius 1 is 1.30 bits per heavy atom. The predicted molar refractivity (Wildman–Crippen MR) is 85.0 cm³/mol. The van der Waals surface area contributed by atoms with Gasteiger partial charge in [-0.05, 0) is 32.9 Å². The van der Waals surface area contributed by atoms with Crippen LogP contribution in [0.5, 0.6) is 0 Å². The molecule has 2 aromatic rings. The third kappa shape index (κ3) is 4.18. The van der Waals surface area contributed by atoms with Gasteiger partial charge in [0, 0.05) is 18.8 Å². The highest BCUT2D eigenvalue weighted by Gasteiger charge is 2.19. The molecule has 0 aliphatic heterocycles. The van der Waals surface area contributed by atoms with Crippen molar-refractivity contribution in [2.24, 2.45) is 0 Å². The SMILES string of the molecule is CN(CC(=O)NC(C)(C)C)C(=O)Cn1nc2ccccn2c1=O. The first-order valence-corrected chi connectivity index (χ1v) is 7.26. The molecule has 2 rings (SSSR count). The van der Waals surface area contributed by atoms with E-state index in [1.165, 1.54) is 16.3 Å². The number of fused-ring (bicyclic) bond motifs is 1. The first-order chi connectivity index (χ1) is 10.7. The van der Waals surface area contributed by atoms with Crippen molar-refractivity contribution >= 4 is 17.5 Å². The van der Waals surface area contributed by atoms with Gasteiger partial charge in [-0.1, -0.05) is 6.07 Å². The Balaban J connectivity index is 2.04. The number of carbonyl (C=O) groups is 2. The predicted octanol–water partition coefficient (Wildman–Crippen LogP) is -0.131. The fourth-order valence-electron chi connectivity index (χ4n) is 2.08. The molecular formula is C15H21N5O3. The van der Waals surface area contributed by atoms with Crippen LogP contribution in [-0.4, -0.2) is 50.0 Å². The summed E-state index contributed by atoms with van der Waals surface area (Å²) in [5.41, 5.74) is -0.278. The average molecular weight is 319 g/mol. The van der Waals surface area contributed by atoms with Crippen LogP contribution in [0.15, 0.2) is 29.2 Å². The highest BCUT2D eigenvalue weighted by molar-refractivity contribution is 5.84. The zero-order valence-corrected chi connectivity index (χ0v) is 13.7.